The fourth-order valence-electron chi connectivity index (χ4n) is 2.39. The fourth-order valence-corrected chi connectivity index (χ4v) is 3.68. The molecule has 0 bridgehead atoms. The van der Waals surface area contributed by atoms with Crippen LogP contribution in [-0.2, 0) is 4.79 Å². The molecule has 9 heteroatoms. The number of carbonyl (C=O) groups excluding carboxylic acids is 1. The number of hydrogen-bond acceptors (Lipinski definition) is 7. The third kappa shape index (κ3) is 3.26. The van der Waals surface area contributed by atoms with Gasteiger partial charge in [0.1, 0.15) is 0 Å². The fraction of sp³-hybridized carbons (Fsp3) is 0.0588. The predicted octanol–water partition coefficient (Wildman–Crippen LogP) is 3.71. The number of non-ortho nitro benzene ring substituents is 1. The second kappa shape index (κ2) is 7.14. The van der Waals surface area contributed by atoms with Crippen molar-refractivity contribution in [3.8, 4) is 11.5 Å². The van der Waals surface area contributed by atoms with Gasteiger partial charge in [0, 0.05) is 11.6 Å². The Hall–Kier alpha value is -2.91. The Morgan fingerprint density at radius 1 is 1.31 bits per heavy atom. The Bertz CT molecular complexity index is 944. The molecule has 0 aliphatic carbocycles. The van der Waals surface area contributed by atoms with Gasteiger partial charge in [-0.05, 0) is 18.2 Å². The van der Waals surface area contributed by atoms with Gasteiger partial charge in [0.2, 0.25) is 0 Å². The lowest BCUT2D eigenvalue weighted by molar-refractivity contribution is -0.385. The van der Waals surface area contributed by atoms with Crippen LogP contribution in [0.25, 0.3) is 6.08 Å². The smallest absolute Gasteiger partial charge is 0.274 e. The van der Waals surface area contributed by atoms with E-state index < -0.39 is 4.92 Å². The highest BCUT2D eigenvalue weighted by atomic mass is 32.2. The van der Waals surface area contributed by atoms with E-state index in [1.807, 2.05) is 6.07 Å². The number of phenolic OH excluding ortho intramolecular Hbond substituents is 1. The first-order valence-electron chi connectivity index (χ1n) is 7.30. The van der Waals surface area contributed by atoms with Crippen LogP contribution in [0, 0.1) is 10.1 Å². The lowest BCUT2D eigenvalue weighted by Crippen LogP contribution is -2.27. The van der Waals surface area contributed by atoms with Gasteiger partial charge in [-0.2, -0.15) is 0 Å². The molecule has 0 aromatic heterocycles. The summed E-state index contributed by atoms with van der Waals surface area (Å²) in [5, 5.41) is 21.3. The molecular weight excluding hydrogens is 376 g/mol. The van der Waals surface area contributed by atoms with Gasteiger partial charge >= 0.3 is 0 Å². The van der Waals surface area contributed by atoms with E-state index in [4.69, 9.17) is 17.0 Å². The molecule has 1 aliphatic rings. The third-order valence-electron chi connectivity index (χ3n) is 3.61. The zero-order valence-corrected chi connectivity index (χ0v) is 15.0. The zero-order valence-electron chi connectivity index (χ0n) is 13.4. The molecule has 7 nitrogen and oxygen atoms in total. The second-order valence-corrected chi connectivity index (χ2v) is 6.87. The first-order valence-corrected chi connectivity index (χ1v) is 8.53. The van der Waals surface area contributed by atoms with Crippen LogP contribution in [0.15, 0.2) is 47.4 Å². The van der Waals surface area contributed by atoms with Gasteiger partial charge < -0.3 is 9.84 Å². The van der Waals surface area contributed by atoms with Gasteiger partial charge in [-0.25, -0.2) is 0 Å². The summed E-state index contributed by atoms with van der Waals surface area (Å²) in [4.78, 5) is 24.8. The normalized spacial score (nSPS) is 15.6. The molecule has 0 unspecified atom stereocenters. The number of carbonyl (C=O) groups is 1. The number of nitro groups is 1. The van der Waals surface area contributed by atoms with Crippen molar-refractivity contribution >= 4 is 51.7 Å². The van der Waals surface area contributed by atoms with Crippen LogP contribution < -0.4 is 9.64 Å². The van der Waals surface area contributed by atoms with Gasteiger partial charge in [-0.1, -0.05) is 42.2 Å². The molecule has 0 spiro atoms. The number of methoxy groups -OCH3 is 1. The van der Waals surface area contributed by atoms with Crippen molar-refractivity contribution < 1.29 is 19.6 Å². The van der Waals surface area contributed by atoms with E-state index in [2.05, 4.69) is 0 Å². The maximum atomic E-state index is 12.7. The van der Waals surface area contributed by atoms with E-state index >= 15 is 0 Å². The van der Waals surface area contributed by atoms with Crippen molar-refractivity contribution in [1.82, 2.24) is 0 Å². The van der Waals surface area contributed by atoms with Crippen LogP contribution in [0.4, 0.5) is 11.4 Å². The number of anilines is 1. The molecule has 2 aromatic rings. The summed E-state index contributed by atoms with van der Waals surface area (Å²) in [6.45, 7) is 0. The first-order chi connectivity index (χ1) is 12.4. The van der Waals surface area contributed by atoms with Gasteiger partial charge in [-0.15, -0.1) is 0 Å². The van der Waals surface area contributed by atoms with Crippen LogP contribution in [0.3, 0.4) is 0 Å². The lowest BCUT2D eigenvalue weighted by Gasteiger charge is -2.13. The molecule has 0 saturated carbocycles. The SMILES string of the molecule is COc1cc([N+](=O)[O-])cc(C=C2SC(=S)N(c3ccccc3)C2=O)c1O. The third-order valence-corrected chi connectivity index (χ3v) is 4.92. The number of nitro benzene ring substituents is 1. The molecule has 1 heterocycles. The van der Waals surface area contributed by atoms with Gasteiger partial charge in [0.05, 0.1) is 28.7 Å². The molecule has 0 radical (unpaired) electrons. The van der Waals surface area contributed by atoms with Gasteiger partial charge in [0.15, 0.2) is 15.8 Å². The summed E-state index contributed by atoms with van der Waals surface area (Å²) in [6, 6.07) is 11.2. The molecule has 1 N–H and O–H groups in total. The number of rotatable bonds is 4. The molecular formula is C17H12N2O5S2. The highest BCUT2D eigenvalue weighted by Gasteiger charge is 2.33. The molecule has 3 rings (SSSR count). The minimum atomic E-state index is -0.603. The zero-order chi connectivity index (χ0) is 18.8. The summed E-state index contributed by atoms with van der Waals surface area (Å²) in [6.07, 6.45) is 1.37. The number of amides is 1. The molecule has 2 aromatic carbocycles. The summed E-state index contributed by atoms with van der Waals surface area (Å²) >= 11 is 6.33. The van der Waals surface area contributed by atoms with Gasteiger partial charge in [-0.3, -0.25) is 19.8 Å². The van der Waals surface area contributed by atoms with Crippen LogP contribution in [0.1, 0.15) is 5.56 Å². The summed E-state index contributed by atoms with van der Waals surface area (Å²) in [5.41, 5.74) is 0.466. The number of thiocarbonyl (C=S) groups is 1. The molecule has 1 saturated heterocycles. The average molecular weight is 388 g/mol. The Kier molecular flexibility index (Phi) is 4.92. The minimum Gasteiger partial charge on any atom is -0.504 e. The number of aromatic hydroxyl groups is 1. The molecule has 132 valence electrons. The lowest BCUT2D eigenvalue weighted by atomic mass is 10.1. The van der Waals surface area contributed by atoms with E-state index in [0.717, 1.165) is 17.8 Å². The summed E-state index contributed by atoms with van der Waals surface area (Å²) in [5.74, 6) is -0.705. The molecule has 1 fully saturated rings. The predicted molar refractivity (Wildman–Crippen MR) is 103 cm³/mol. The Morgan fingerprint density at radius 2 is 2.00 bits per heavy atom. The van der Waals surface area contributed by atoms with Crippen molar-refractivity contribution in [2.75, 3.05) is 12.0 Å². The van der Waals surface area contributed by atoms with Gasteiger partial charge in [0.25, 0.3) is 11.6 Å². The van der Waals surface area contributed by atoms with Crippen LogP contribution in [-0.4, -0.2) is 27.4 Å². The van der Waals surface area contributed by atoms with Crippen LogP contribution in [0.2, 0.25) is 0 Å². The van der Waals surface area contributed by atoms with E-state index in [0.29, 0.717) is 10.0 Å². The largest absolute Gasteiger partial charge is 0.504 e. The van der Waals surface area contributed by atoms with E-state index in [9.17, 15) is 20.0 Å². The quantitative estimate of drug-likeness (QED) is 0.369. The summed E-state index contributed by atoms with van der Waals surface area (Å²) in [7, 11) is 1.29. The average Bonchev–Trinajstić information content (AvgIpc) is 2.90. The first kappa shape index (κ1) is 17.9. The highest BCUT2D eigenvalue weighted by molar-refractivity contribution is 8.27. The number of hydrogen-bond donors (Lipinski definition) is 1. The topological polar surface area (TPSA) is 92.9 Å². The molecule has 0 atom stereocenters. The monoisotopic (exact) mass is 388 g/mol. The Morgan fingerprint density at radius 3 is 2.62 bits per heavy atom. The van der Waals surface area contributed by atoms with Crippen molar-refractivity contribution in [3.05, 3.63) is 63.0 Å². The maximum Gasteiger partial charge on any atom is 0.274 e. The second-order valence-electron chi connectivity index (χ2n) is 5.20. The van der Waals surface area contributed by atoms with Crippen LogP contribution >= 0.6 is 24.0 Å². The van der Waals surface area contributed by atoms with E-state index in [-0.39, 0.29) is 33.6 Å². The van der Waals surface area contributed by atoms with Crippen molar-refractivity contribution in [1.29, 1.82) is 0 Å². The molecule has 1 amide bonds. The molecule has 26 heavy (non-hydrogen) atoms. The Balaban J connectivity index is 2.03. The minimum absolute atomic E-state index is 0.0519. The number of thioether (sulfide) groups is 1. The van der Waals surface area contributed by atoms with Crippen molar-refractivity contribution in [2.24, 2.45) is 0 Å². The number of nitrogens with zero attached hydrogens (tertiary/aromatic N) is 2. The Labute approximate surface area is 158 Å². The number of ether oxygens (including phenoxy) is 1. The standard InChI is InChI=1S/C17H12N2O5S2/c1-24-13-9-12(19(22)23)7-10(15(13)20)8-14-16(21)18(17(25)26-14)11-5-3-2-4-6-11/h2-9,20H,1H3. The van der Waals surface area contributed by atoms with E-state index in [1.165, 1.54) is 24.2 Å². The number of phenols is 1. The van der Waals surface area contributed by atoms with Crippen molar-refractivity contribution in [2.45, 2.75) is 0 Å². The maximum absolute atomic E-state index is 12.7. The molecule has 1 aliphatic heterocycles. The van der Waals surface area contributed by atoms with E-state index in [1.54, 1.807) is 24.3 Å². The summed E-state index contributed by atoms with van der Waals surface area (Å²) < 4.78 is 5.31. The van der Waals surface area contributed by atoms with Crippen molar-refractivity contribution in [3.63, 3.8) is 0 Å². The number of benzene rings is 2. The highest BCUT2D eigenvalue weighted by Crippen LogP contribution is 2.40. The number of para-hydroxylation sites is 1. The van der Waals surface area contributed by atoms with Crippen LogP contribution in [0.5, 0.6) is 11.5 Å².